The van der Waals surface area contributed by atoms with Crippen molar-refractivity contribution in [3.8, 4) is 5.69 Å². The SMILES string of the molecule is O=C(CNC(=O)CSc1nncn1-c1cccc(Cl)c1)NCc1ccco1. The summed E-state index contributed by atoms with van der Waals surface area (Å²) in [6, 6.07) is 10.7. The molecular weight excluding hydrogens is 390 g/mol. The summed E-state index contributed by atoms with van der Waals surface area (Å²) in [4.78, 5) is 23.7. The molecule has 3 rings (SSSR count). The van der Waals surface area contributed by atoms with Crippen LogP contribution in [0.2, 0.25) is 5.02 Å². The maximum atomic E-state index is 12.0. The van der Waals surface area contributed by atoms with Gasteiger partial charge in [0.25, 0.3) is 0 Å². The van der Waals surface area contributed by atoms with Gasteiger partial charge in [0.15, 0.2) is 5.16 Å². The molecule has 140 valence electrons. The molecule has 8 nitrogen and oxygen atoms in total. The van der Waals surface area contributed by atoms with Crippen LogP contribution in [0, 0.1) is 0 Å². The first-order chi connectivity index (χ1) is 13.1. The Bertz CT molecular complexity index is 913. The van der Waals surface area contributed by atoms with Gasteiger partial charge in [-0.3, -0.25) is 14.2 Å². The molecule has 0 aliphatic carbocycles. The molecule has 27 heavy (non-hydrogen) atoms. The Kier molecular flexibility index (Phi) is 6.50. The number of nitrogens with zero attached hydrogens (tertiary/aromatic N) is 3. The number of halogens is 1. The number of carbonyl (C=O) groups is 2. The molecule has 0 spiro atoms. The summed E-state index contributed by atoms with van der Waals surface area (Å²) in [5.41, 5.74) is 0.799. The predicted molar refractivity (Wildman–Crippen MR) is 101 cm³/mol. The van der Waals surface area contributed by atoms with Crippen LogP contribution in [0.25, 0.3) is 5.69 Å². The number of hydrogen-bond acceptors (Lipinski definition) is 6. The van der Waals surface area contributed by atoms with E-state index in [4.69, 9.17) is 16.0 Å². The second-order valence-corrected chi connectivity index (χ2v) is 6.76. The van der Waals surface area contributed by atoms with E-state index in [1.54, 1.807) is 35.2 Å². The Morgan fingerprint density at radius 3 is 2.85 bits per heavy atom. The minimum absolute atomic E-state index is 0.102. The zero-order chi connectivity index (χ0) is 19.1. The molecule has 3 aromatic rings. The number of amides is 2. The molecule has 0 fully saturated rings. The van der Waals surface area contributed by atoms with Crippen molar-refractivity contribution in [2.24, 2.45) is 0 Å². The van der Waals surface area contributed by atoms with E-state index in [1.165, 1.54) is 18.0 Å². The van der Waals surface area contributed by atoms with Crippen LogP contribution in [0.3, 0.4) is 0 Å². The van der Waals surface area contributed by atoms with Gasteiger partial charge in [-0.2, -0.15) is 0 Å². The highest BCUT2D eigenvalue weighted by molar-refractivity contribution is 7.99. The Morgan fingerprint density at radius 1 is 1.19 bits per heavy atom. The van der Waals surface area contributed by atoms with Gasteiger partial charge >= 0.3 is 0 Å². The molecule has 10 heteroatoms. The monoisotopic (exact) mass is 405 g/mol. The molecule has 0 aliphatic heterocycles. The predicted octanol–water partition coefficient (Wildman–Crippen LogP) is 2.04. The Hall–Kier alpha value is -2.78. The van der Waals surface area contributed by atoms with E-state index in [0.29, 0.717) is 15.9 Å². The Morgan fingerprint density at radius 2 is 2.07 bits per heavy atom. The summed E-state index contributed by atoms with van der Waals surface area (Å²) in [7, 11) is 0. The van der Waals surface area contributed by atoms with Crippen molar-refractivity contribution in [1.29, 1.82) is 0 Å². The average molecular weight is 406 g/mol. The summed E-state index contributed by atoms with van der Waals surface area (Å²) >= 11 is 7.22. The standard InChI is InChI=1S/C17H16ClN5O3S/c18-12-3-1-4-13(7-12)23-11-21-22-17(23)27-10-16(25)20-9-15(24)19-8-14-5-2-6-26-14/h1-7,11H,8-10H2,(H,19,24)(H,20,25). The highest BCUT2D eigenvalue weighted by Gasteiger charge is 2.11. The second-order valence-electron chi connectivity index (χ2n) is 5.38. The first-order valence-corrected chi connectivity index (χ1v) is 9.33. The number of rotatable bonds is 8. The van der Waals surface area contributed by atoms with E-state index < -0.39 is 0 Å². The molecule has 2 amide bonds. The first-order valence-electron chi connectivity index (χ1n) is 7.96. The Balaban J connectivity index is 1.44. The molecule has 2 aromatic heterocycles. The van der Waals surface area contributed by atoms with Gasteiger partial charge in [-0.25, -0.2) is 0 Å². The molecule has 2 N–H and O–H groups in total. The van der Waals surface area contributed by atoms with Gasteiger partial charge < -0.3 is 15.1 Å². The van der Waals surface area contributed by atoms with E-state index in [1.807, 2.05) is 12.1 Å². The highest BCUT2D eigenvalue weighted by Crippen LogP contribution is 2.21. The molecule has 0 saturated heterocycles. The van der Waals surface area contributed by atoms with Crippen LogP contribution in [0.1, 0.15) is 5.76 Å². The van der Waals surface area contributed by atoms with Crippen molar-refractivity contribution in [3.63, 3.8) is 0 Å². The van der Waals surface area contributed by atoms with Crippen LogP contribution >= 0.6 is 23.4 Å². The van der Waals surface area contributed by atoms with Crippen LogP contribution in [0.15, 0.2) is 58.6 Å². The summed E-state index contributed by atoms with van der Waals surface area (Å²) in [5.74, 6) is 0.163. The van der Waals surface area contributed by atoms with Crippen molar-refractivity contribution in [2.75, 3.05) is 12.3 Å². The molecule has 0 bridgehead atoms. The largest absolute Gasteiger partial charge is 0.467 e. The van der Waals surface area contributed by atoms with Gasteiger partial charge in [0, 0.05) is 5.02 Å². The smallest absolute Gasteiger partial charge is 0.239 e. The summed E-state index contributed by atoms with van der Waals surface area (Å²) in [6.45, 7) is 0.167. The second kappa shape index (κ2) is 9.24. The fourth-order valence-corrected chi connectivity index (χ4v) is 3.09. The molecule has 0 atom stereocenters. The summed E-state index contributed by atoms with van der Waals surface area (Å²) in [6.07, 6.45) is 3.08. The van der Waals surface area contributed by atoms with Crippen molar-refractivity contribution in [3.05, 3.63) is 59.8 Å². The molecule has 1 aromatic carbocycles. The van der Waals surface area contributed by atoms with Gasteiger partial charge in [-0.15, -0.1) is 10.2 Å². The molecule has 2 heterocycles. The molecule has 0 unspecified atom stereocenters. The lowest BCUT2D eigenvalue weighted by Crippen LogP contribution is -2.37. The molecule has 0 radical (unpaired) electrons. The lowest BCUT2D eigenvalue weighted by Gasteiger charge is -2.07. The topological polar surface area (TPSA) is 102 Å². The van der Waals surface area contributed by atoms with E-state index in [0.717, 1.165) is 5.69 Å². The van der Waals surface area contributed by atoms with Crippen LogP contribution in [0.4, 0.5) is 0 Å². The highest BCUT2D eigenvalue weighted by atomic mass is 35.5. The van der Waals surface area contributed by atoms with Crippen LogP contribution in [-0.2, 0) is 16.1 Å². The number of nitrogens with one attached hydrogen (secondary N) is 2. The van der Waals surface area contributed by atoms with Crippen molar-refractivity contribution >= 4 is 35.2 Å². The third-order valence-corrected chi connectivity index (χ3v) is 4.60. The van der Waals surface area contributed by atoms with Crippen molar-refractivity contribution < 1.29 is 14.0 Å². The third-order valence-electron chi connectivity index (χ3n) is 3.42. The normalized spacial score (nSPS) is 10.6. The molecule has 0 saturated carbocycles. The fraction of sp³-hybridized carbons (Fsp3) is 0.176. The molecular formula is C17H16ClN5O3S. The van der Waals surface area contributed by atoms with Gasteiger partial charge in [0.05, 0.1) is 30.8 Å². The molecule has 0 aliphatic rings. The van der Waals surface area contributed by atoms with Gasteiger partial charge in [-0.05, 0) is 30.3 Å². The third kappa shape index (κ3) is 5.60. The lowest BCUT2D eigenvalue weighted by molar-refractivity contribution is -0.124. The minimum atomic E-state index is -0.299. The number of hydrogen-bond donors (Lipinski definition) is 2. The zero-order valence-corrected chi connectivity index (χ0v) is 15.7. The number of aromatic nitrogens is 3. The number of furan rings is 1. The van der Waals surface area contributed by atoms with E-state index >= 15 is 0 Å². The maximum Gasteiger partial charge on any atom is 0.239 e. The van der Waals surface area contributed by atoms with E-state index in [9.17, 15) is 9.59 Å². The maximum absolute atomic E-state index is 12.0. The van der Waals surface area contributed by atoms with Gasteiger partial charge in [0.1, 0.15) is 12.1 Å². The van der Waals surface area contributed by atoms with Gasteiger partial charge in [-0.1, -0.05) is 29.4 Å². The summed E-state index contributed by atoms with van der Waals surface area (Å²) in [5, 5.41) is 14.2. The van der Waals surface area contributed by atoms with Crippen LogP contribution < -0.4 is 10.6 Å². The first kappa shape index (κ1) is 19.0. The van der Waals surface area contributed by atoms with Gasteiger partial charge in [0.2, 0.25) is 11.8 Å². The number of thioether (sulfide) groups is 1. The quantitative estimate of drug-likeness (QED) is 0.556. The van der Waals surface area contributed by atoms with Crippen LogP contribution in [-0.4, -0.2) is 38.9 Å². The fourth-order valence-electron chi connectivity index (χ4n) is 2.15. The minimum Gasteiger partial charge on any atom is -0.467 e. The van der Waals surface area contributed by atoms with Crippen molar-refractivity contribution in [2.45, 2.75) is 11.7 Å². The van der Waals surface area contributed by atoms with E-state index in [2.05, 4.69) is 20.8 Å². The lowest BCUT2D eigenvalue weighted by atomic mass is 10.3. The Labute approximate surface area is 164 Å². The number of carbonyl (C=O) groups excluding carboxylic acids is 2. The van der Waals surface area contributed by atoms with Crippen molar-refractivity contribution in [1.82, 2.24) is 25.4 Å². The van der Waals surface area contributed by atoms with Crippen LogP contribution in [0.5, 0.6) is 0 Å². The average Bonchev–Trinajstić information content (AvgIpc) is 3.34. The zero-order valence-electron chi connectivity index (χ0n) is 14.1. The number of benzene rings is 1. The van der Waals surface area contributed by atoms with E-state index in [-0.39, 0.29) is 30.7 Å². The summed E-state index contributed by atoms with van der Waals surface area (Å²) < 4.78 is 6.85.